The largest absolute Gasteiger partial charge is 0.388 e. The Hall–Kier alpha value is -0.160. The van der Waals surface area contributed by atoms with Gasteiger partial charge in [0.05, 0.1) is 5.60 Å². The number of likely N-dealkylation sites (tertiary alicyclic amines) is 2. The average Bonchev–Trinajstić information content (AvgIpc) is 2.88. The van der Waals surface area contributed by atoms with Crippen molar-refractivity contribution in [1.29, 1.82) is 0 Å². The summed E-state index contributed by atoms with van der Waals surface area (Å²) in [5, 5.41) is 14.0. The second kappa shape index (κ2) is 6.08. The molecule has 0 amide bonds. The molecule has 4 heteroatoms. The van der Waals surface area contributed by atoms with Crippen LogP contribution in [0.5, 0.6) is 0 Å². The fraction of sp³-hybridized carbons (Fsp3) is 1.00. The molecular formula is C15H29N3O. The number of hydrogen-bond donors (Lipinski definition) is 2. The lowest BCUT2D eigenvalue weighted by Crippen LogP contribution is -2.50. The summed E-state index contributed by atoms with van der Waals surface area (Å²) < 4.78 is 0. The van der Waals surface area contributed by atoms with E-state index in [4.69, 9.17) is 0 Å². The maximum absolute atomic E-state index is 10.6. The lowest BCUT2D eigenvalue weighted by molar-refractivity contribution is -0.0173. The molecule has 110 valence electrons. The van der Waals surface area contributed by atoms with E-state index in [1.807, 2.05) is 0 Å². The van der Waals surface area contributed by atoms with Gasteiger partial charge in [-0.1, -0.05) is 6.42 Å². The molecule has 3 saturated heterocycles. The van der Waals surface area contributed by atoms with Crippen molar-refractivity contribution in [1.82, 2.24) is 15.1 Å². The molecule has 1 atom stereocenters. The van der Waals surface area contributed by atoms with Crippen LogP contribution in [0.25, 0.3) is 0 Å². The second-order valence-corrected chi connectivity index (χ2v) is 6.75. The van der Waals surface area contributed by atoms with Gasteiger partial charge in [-0.25, -0.2) is 0 Å². The molecule has 2 N–H and O–H groups in total. The van der Waals surface area contributed by atoms with Gasteiger partial charge < -0.3 is 10.4 Å². The van der Waals surface area contributed by atoms with Crippen molar-refractivity contribution in [2.24, 2.45) is 0 Å². The van der Waals surface area contributed by atoms with Crippen LogP contribution in [-0.2, 0) is 0 Å². The van der Waals surface area contributed by atoms with Gasteiger partial charge >= 0.3 is 0 Å². The maximum atomic E-state index is 10.6. The van der Waals surface area contributed by atoms with Gasteiger partial charge in [-0.05, 0) is 64.8 Å². The normalized spacial score (nSPS) is 33.6. The van der Waals surface area contributed by atoms with Gasteiger partial charge in [0, 0.05) is 19.1 Å². The van der Waals surface area contributed by atoms with E-state index in [1.165, 1.54) is 51.9 Å². The summed E-state index contributed by atoms with van der Waals surface area (Å²) in [5.74, 6) is 0. The van der Waals surface area contributed by atoms with Crippen LogP contribution >= 0.6 is 0 Å². The van der Waals surface area contributed by atoms with Crippen molar-refractivity contribution in [3.63, 3.8) is 0 Å². The monoisotopic (exact) mass is 267 g/mol. The first-order valence-corrected chi connectivity index (χ1v) is 8.15. The Labute approximate surface area is 117 Å². The summed E-state index contributed by atoms with van der Waals surface area (Å²) in [6.45, 7) is 7.78. The Morgan fingerprint density at radius 2 is 1.79 bits per heavy atom. The summed E-state index contributed by atoms with van der Waals surface area (Å²) in [7, 11) is 0. The molecule has 0 aromatic heterocycles. The Kier molecular flexibility index (Phi) is 4.42. The van der Waals surface area contributed by atoms with Crippen LogP contribution in [0.2, 0.25) is 0 Å². The van der Waals surface area contributed by atoms with E-state index in [0.29, 0.717) is 0 Å². The summed E-state index contributed by atoms with van der Waals surface area (Å²) >= 11 is 0. The van der Waals surface area contributed by atoms with Gasteiger partial charge in [-0.2, -0.15) is 0 Å². The molecule has 0 radical (unpaired) electrons. The third kappa shape index (κ3) is 3.48. The van der Waals surface area contributed by atoms with Crippen molar-refractivity contribution < 1.29 is 5.11 Å². The van der Waals surface area contributed by atoms with E-state index in [-0.39, 0.29) is 0 Å². The molecule has 3 aliphatic heterocycles. The molecule has 0 spiro atoms. The molecule has 0 aromatic rings. The molecule has 0 aliphatic carbocycles. The molecule has 3 rings (SSSR count). The van der Waals surface area contributed by atoms with E-state index in [1.54, 1.807) is 0 Å². The summed E-state index contributed by atoms with van der Waals surface area (Å²) in [6, 6.07) is 0.755. The highest BCUT2D eigenvalue weighted by Crippen LogP contribution is 2.25. The zero-order chi connectivity index (χ0) is 13.1. The molecular weight excluding hydrogens is 238 g/mol. The van der Waals surface area contributed by atoms with Gasteiger partial charge in [0.2, 0.25) is 0 Å². The van der Waals surface area contributed by atoms with E-state index < -0.39 is 5.60 Å². The van der Waals surface area contributed by atoms with Crippen LogP contribution in [0.4, 0.5) is 0 Å². The molecule has 0 bridgehead atoms. The zero-order valence-corrected chi connectivity index (χ0v) is 12.1. The predicted octanol–water partition coefficient (Wildman–Crippen LogP) is 0.661. The standard InChI is InChI=1S/C15H29N3O/c19-15(5-7-16-8-6-15)13-17-11-4-14(12-17)18-9-2-1-3-10-18/h14,16,19H,1-13H2. The highest BCUT2D eigenvalue weighted by molar-refractivity contribution is 4.92. The Morgan fingerprint density at radius 1 is 1.05 bits per heavy atom. The minimum Gasteiger partial charge on any atom is -0.388 e. The van der Waals surface area contributed by atoms with Crippen LogP contribution in [0.1, 0.15) is 38.5 Å². The Morgan fingerprint density at radius 3 is 2.53 bits per heavy atom. The minimum atomic E-state index is -0.429. The van der Waals surface area contributed by atoms with E-state index in [2.05, 4.69) is 15.1 Å². The third-order valence-electron chi connectivity index (χ3n) is 5.21. The second-order valence-electron chi connectivity index (χ2n) is 6.75. The first-order valence-electron chi connectivity index (χ1n) is 8.15. The first-order chi connectivity index (χ1) is 9.25. The van der Waals surface area contributed by atoms with Crippen LogP contribution < -0.4 is 5.32 Å². The smallest absolute Gasteiger partial charge is 0.0798 e. The van der Waals surface area contributed by atoms with Gasteiger partial charge in [-0.3, -0.25) is 9.80 Å². The van der Waals surface area contributed by atoms with Crippen LogP contribution in [-0.4, -0.2) is 72.4 Å². The fourth-order valence-corrected chi connectivity index (χ4v) is 4.00. The molecule has 3 fully saturated rings. The predicted molar refractivity (Wildman–Crippen MR) is 77.3 cm³/mol. The lowest BCUT2D eigenvalue weighted by atomic mass is 9.92. The molecule has 1 unspecified atom stereocenters. The van der Waals surface area contributed by atoms with Crippen LogP contribution in [0.15, 0.2) is 0 Å². The van der Waals surface area contributed by atoms with Crippen molar-refractivity contribution in [3.8, 4) is 0 Å². The molecule has 19 heavy (non-hydrogen) atoms. The molecule has 4 nitrogen and oxygen atoms in total. The number of nitrogens with zero attached hydrogens (tertiary/aromatic N) is 2. The zero-order valence-electron chi connectivity index (χ0n) is 12.1. The highest BCUT2D eigenvalue weighted by Gasteiger charge is 2.35. The quantitative estimate of drug-likeness (QED) is 0.788. The SMILES string of the molecule is OC1(CN2CCC(N3CCCCC3)C2)CCNCC1. The highest BCUT2D eigenvalue weighted by atomic mass is 16.3. The van der Waals surface area contributed by atoms with Gasteiger partial charge in [-0.15, -0.1) is 0 Å². The molecule has 3 heterocycles. The Bertz CT molecular complexity index is 285. The minimum absolute atomic E-state index is 0.429. The first kappa shape index (κ1) is 13.8. The maximum Gasteiger partial charge on any atom is 0.0798 e. The van der Waals surface area contributed by atoms with E-state index in [0.717, 1.165) is 38.5 Å². The van der Waals surface area contributed by atoms with E-state index in [9.17, 15) is 5.11 Å². The van der Waals surface area contributed by atoms with Crippen molar-refractivity contribution in [3.05, 3.63) is 0 Å². The lowest BCUT2D eigenvalue weighted by Gasteiger charge is -2.36. The van der Waals surface area contributed by atoms with Crippen molar-refractivity contribution in [2.45, 2.75) is 50.2 Å². The number of nitrogens with one attached hydrogen (secondary N) is 1. The average molecular weight is 267 g/mol. The van der Waals surface area contributed by atoms with Crippen LogP contribution in [0, 0.1) is 0 Å². The molecule has 0 saturated carbocycles. The Balaban J connectivity index is 1.48. The number of β-amino-alcohol motifs (C(OH)–C–C–N with tert-alkyl or cyclic N) is 1. The number of piperidine rings is 2. The van der Waals surface area contributed by atoms with Crippen molar-refractivity contribution >= 4 is 0 Å². The van der Waals surface area contributed by atoms with Gasteiger partial charge in [0.1, 0.15) is 0 Å². The van der Waals surface area contributed by atoms with Gasteiger partial charge in [0.15, 0.2) is 0 Å². The number of hydrogen-bond acceptors (Lipinski definition) is 4. The number of aliphatic hydroxyl groups is 1. The summed E-state index contributed by atoms with van der Waals surface area (Å²) in [5.41, 5.74) is -0.429. The molecule has 0 aromatic carbocycles. The van der Waals surface area contributed by atoms with Crippen molar-refractivity contribution in [2.75, 3.05) is 45.8 Å². The van der Waals surface area contributed by atoms with E-state index >= 15 is 0 Å². The topological polar surface area (TPSA) is 38.7 Å². The summed E-state index contributed by atoms with van der Waals surface area (Å²) in [6.07, 6.45) is 7.31. The number of rotatable bonds is 3. The fourth-order valence-electron chi connectivity index (χ4n) is 4.00. The third-order valence-corrected chi connectivity index (χ3v) is 5.21. The van der Waals surface area contributed by atoms with Crippen LogP contribution in [0.3, 0.4) is 0 Å². The summed E-state index contributed by atoms with van der Waals surface area (Å²) in [4.78, 5) is 5.20. The molecule has 3 aliphatic rings. The van der Waals surface area contributed by atoms with Gasteiger partial charge in [0.25, 0.3) is 0 Å².